The maximum absolute atomic E-state index is 15.4. The number of hydrogen-bond donors (Lipinski definition) is 1. The number of aromatic hydroxyl groups is 1. The van der Waals surface area contributed by atoms with Gasteiger partial charge in [0.15, 0.2) is 17.4 Å². The zero-order valence-corrected chi connectivity index (χ0v) is 28.6. The molecule has 2 aliphatic heterocycles. The van der Waals surface area contributed by atoms with Crippen molar-refractivity contribution in [2.45, 2.75) is 52.7 Å². The standard InChI is InChI=1S/C34H33Cl2F3N6O3/c1-8-22(46)44-17(5)13-43(14-18(44)6)31-19-11-21(35)28(23-24(36)32(47)27(39)26(38)25(23)37)41-33(19)45(34(48)20(31)12-40)30-16(4)9-10-42(7)29(30)15(2)3/h8-11,15,17-18,29,47H,1,13-14H2,2-7H3/t17-,18+,29?. The van der Waals surface area contributed by atoms with Crippen LogP contribution in [0.15, 0.2) is 41.4 Å². The molecule has 2 aliphatic rings. The molecule has 1 N–H and O–H groups in total. The minimum absolute atomic E-state index is 0.0592. The second kappa shape index (κ2) is 12.9. The first-order valence-electron chi connectivity index (χ1n) is 15.1. The van der Waals surface area contributed by atoms with Crippen LogP contribution in [0.2, 0.25) is 10.0 Å². The van der Waals surface area contributed by atoms with Gasteiger partial charge in [-0.2, -0.15) is 9.65 Å². The Labute approximate surface area is 285 Å². The zero-order chi connectivity index (χ0) is 35.5. The van der Waals surface area contributed by atoms with Crippen LogP contribution in [-0.4, -0.2) is 68.6 Å². The lowest BCUT2D eigenvalue weighted by Crippen LogP contribution is -2.58. The number of allylic oxidation sites excluding steroid dienone is 2. The predicted octanol–water partition coefficient (Wildman–Crippen LogP) is 6.69. The van der Waals surface area contributed by atoms with Crippen molar-refractivity contribution in [3.8, 4) is 23.1 Å². The van der Waals surface area contributed by atoms with Crippen LogP contribution in [0.4, 0.5) is 18.9 Å². The normalized spacial score (nSPS) is 19.8. The summed E-state index contributed by atoms with van der Waals surface area (Å²) < 4.78 is 45.5. The molecule has 14 heteroatoms. The molecule has 0 aliphatic carbocycles. The average Bonchev–Trinajstić information content (AvgIpc) is 3.03. The first-order chi connectivity index (χ1) is 22.6. The molecule has 1 saturated heterocycles. The second-order valence-electron chi connectivity index (χ2n) is 12.4. The molecule has 2 aromatic heterocycles. The zero-order valence-electron chi connectivity index (χ0n) is 27.1. The molecule has 1 aromatic carbocycles. The number of amides is 1. The van der Waals surface area contributed by atoms with Gasteiger partial charge < -0.3 is 19.8 Å². The summed E-state index contributed by atoms with van der Waals surface area (Å²) in [7, 11) is 1.84. The number of phenols is 1. The summed E-state index contributed by atoms with van der Waals surface area (Å²) in [5.74, 6) is -7.28. The molecule has 0 bridgehead atoms. The SMILES string of the molecule is C=CC(=O)N1[C@H](C)CN(c2c(C#N)c(=O)n(C3=C(C)C=CN(C)C3C(C)C)c3nc(-c4c(F)c(F)c(F)c(O)c4Cl)c(Cl)cc23)C[C@@H]1C. The fraction of sp³-hybridized carbons (Fsp3) is 0.353. The number of anilines is 1. The van der Waals surface area contributed by atoms with Crippen LogP contribution in [-0.2, 0) is 4.79 Å². The van der Waals surface area contributed by atoms with Gasteiger partial charge in [-0.3, -0.25) is 14.2 Å². The van der Waals surface area contributed by atoms with Crippen LogP contribution in [0.3, 0.4) is 0 Å². The molecular formula is C34H33Cl2F3N6O3. The quantitative estimate of drug-likeness (QED) is 0.180. The summed E-state index contributed by atoms with van der Waals surface area (Å²) in [6.07, 6.45) is 4.88. The number of pyridine rings is 2. The van der Waals surface area contributed by atoms with Gasteiger partial charge in [0.1, 0.15) is 17.3 Å². The highest BCUT2D eigenvalue weighted by Crippen LogP contribution is 2.44. The van der Waals surface area contributed by atoms with Crippen molar-refractivity contribution in [3.63, 3.8) is 0 Å². The number of nitrogens with zero attached hydrogens (tertiary/aromatic N) is 6. The van der Waals surface area contributed by atoms with Crippen LogP contribution < -0.4 is 10.5 Å². The van der Waals surface area contributed by atoms with E-state index in [1.807, 2.05) is 45.8 Å². The molecule has 5 rings (SSSR count). The van der Waals surface area contributed by atoms with E-state index in [2.05, 4.69) is 17.6 Å². The minimum Gasteiger partial charge on any atom is -0.504 e. The number of fused-ring (bicyclic) bond motifs is 1. The van der Waals surface area contributed by atoms with Crippen LogP contribution in [0.5, 0.6) is 5.75 Å². The number of phenolic OH excluding ortho intramolecular Hbond substituents is 1. The lowest BCUT2D eigenvalue weighted by molar-refractivity contribution is -0.130. The number of piperazine rings is 1. The van der Waals surface area contributed by atoms with E-state index in [0.29, 0.717) is 11.3 Å². The van der Waals surface area contributed by atoms with E-state index >= 15 is 4.39 Å². The van der Waals surface area contributed by atoms with Gasteiger partial charge >= 0.3 is 0 Å². The number of nitriles is 1. The highest BCUT2D eigenvalue weighted by atomic mass is 35.5. The third-order valence-electron chi connectivity index (χ3n) is 8.88. The largest absolute Gasteiger partial charge is 0.504 e. The van der Waals surface area contributed by atoms with E-state index in [1.165, 1.54) is 16.7 Å². The molecule has 0 spiro atoms. The number of likely N-dealkylation sites (N-methyl/N-ethyl adjacent to an activating group) is 1. The third-order valence-corrected chi connectivity index (χ3v) is 9.54. The lowest BCUT2D eigenvalue weighted by Gasteiger charge is -2.45. The number of carbonyl (C=O) groups is 1. The van der Waals surface area contributed by atoms with Crippen LogP contribution >= 0.6 is 23.2 Å². The van der Waals surface area contributed by atoms with Gasteiger partial charge in [0.2, 0.25) is 11.7 Å². The highest BCUT2D eigenvalue weighted by Gasteiger charge is 2.37. The monoisotopic (exact) mass is 700 g/mol. The number of rotatable bonds is 5. The van der Waals surface area contributed by atoms with Crippen LogP contribution in [0, 0.1) is 34.7 Å². The van der Waals surface area contributed by atoms with E-state index < -0.39 is 51.1 Å². The van der Waals surface area contributed by atoms with Crippen molar-refractivity contribution < 1.29 is 23.1 Å². The molecule has 252 valence electrons. The molecule has 0 radical (unpaired) electrons. The Morgan fingerprint density at radius 2 is 1.79 bits per heavy atom. The van der Waals surface area contributed by atoms with E-state index in [4.69, 9.17) is 23.2 Å². The van der Waals surface area contributed by atoms with Gasteiger partial charge in [0.25, 0.3) is 5.56 Å². The summed E-state index contributed by atoms with van der Waals surface area (Å²) in [6.45, 7) is 13.4. The van der Waals surface area contributed by atoms with Crippen LogP contribution in [0.1, 0.15) is 40.2 Å². The lowest BCUT2D eigenvalue weighted by atomic mass is 9.93. The number of carbonyl (C=O) groups excluding carboxylic acids is 1. The number of benzene rings is 1. The number of hydrogen-bond acceptors (Lipinski definition) is 7. The van der Waals surface area contributed by atoms with Crippen molar-refractivity contribution in [3.05, 3.63) is 80.0 Å². The fourth-order valence-corrected chi connectivity index (χ4v) is 7.40. The Balaban J connectivity index is 1.94. The van der Waals surface area contributed by atoms with Crippen molar-refractivity contribution >= 4 is 51.5 Å². The first-order valence-corrected chi connectivity index (χ1v) is 15.9. The molecule has 4 heterocycles. The molecular weight excluding hydrogens is 668 g/mol. The Morgan fingerprint density at radius 1 is 1.17 bits per heavy atom. The smallest absolute Gasteiger partial charge is 0.276 e. The molecule has 0 saturated carbocycles. The van der Waals surface area contributed by atoms with Crippen molar-refractivity contribution in [2.24, 2.45) is 5.92 Å². The topological polar surface area (TPSA) is 106 Å². The fourth-order valence-electron chi connectivity index (χ4n) is 6.90. The van der Waals surface area contributed by atoms with E-state index in [1.54, 1.807) is 22.8 Å². The van der Waals surface area contributed by atoms with E-state index in [-0.39, 0.29) is 64.3 Å². The molecule has 9 nitrogen and oxygen atoms in total. The van der Waals surface area contributed by atoms with Gasteiger partial charge in [-0.05, 0) is 56.7 Å². The molecule has 3 atom stereocenters. The molecule has 1 amide bonds. The molecule has 48 heavy (non-hydrogen) atoms. The third kappa shape index (κ3) is 5.39. The van der Waals surface area contributed by atoms with Gasteiger partial charge in [-0.25, -0.2) is 13.8 Å². The highest BCUT2D eigenvalue weighted by molar-refractivity contribution is 6.37. The Bertz CT molecular complexity index is 2010. The molecule has 1 fully saturated rings. The minimum atomic E-state index is -1.99. The maximum atomic E-state index is 15.4. The van der Waals surface area contributed by atoms with Gasteiger partial charge in [0.05, 0.1) is 38.7 Å². The van der Waals surface area contributed by atoms with Crippen LogP contribution in [0.25, 0.3) is 28.0 Å². The summed E-state index contributed by atoms with van der Waals surface area (Å²) in [5, 5.41) is 19.8. The van der Waals surface area contributed by atoms with Gasteiger partial charge in [-0.1, -0.05) is 43.6 Å². The summed E-state index contributed by atoms with van der Waals surface area (Å²) in [6, 6.07) is 2.32. The summed E-state index contributed by atoms with van der Waals surface area (Å²) >= 11 is 12.9. The molecule has 1 unspecified atom stereocenters. The van der Waals surface area contributed by atoms with E-state index in [0.717, 1.165) is 0 Å². The number of halogens is 5. The first kappa shape index (κ1) is 34.9. The molecule has 3 aromatic rings. The summed E-state index contributed by atoms with van der Waals surface area (Å²) in [5.41, 5.74) is -0.933. The Hall–Kier alpha value is -4.47. The number of aromatic nitrogens is 2. The van der Waals surface area contributed by atoms with Crippen molar-refractivity contribution in [1.82, 2.24) is 19.4 Å². The maximum Gasteiger partial charge on any atom is 0.276 e. The predicted molar refractivity (Wildman–Crippen MR) is 180 cm³/mol. The second-order valence-corrected chi connectivity index (χ2v) is 13.2. The van der Waals surface area contributed by atoms with E-state index in [9.17, 15) is 28.7 Å². The van der Waals surface area contributed by atoms with Gasteiger partial charge in [-0.15, -0.1) is 0 Å². The summed E-state index contributed by atoms with van der Waals surface area (Å²) in [4.78, 5) is 37.3. The average molecular weight is 702 g/mol. The Kier molecular flexibility index (Phi) is 9.34. The Morgan fingerprint density at radius 3 is 2.35 bits per heavy atom. The van der Waals surface area contributed by atoms with Crippen molar-refractivity contribution in [1.29, 1.82) is 5.26 Å². The van der Waals surface area contributed by atoms with Crippen molar-refractivity contribution in [2.75, 3.05) is 25.0 Å². The van der Waals surface area contributed by atoms with Gasteiger partial charge in [0, 0.05) is 37.6 Å².